The van der Waals surface area contributed by atoms with Gasteiger partial charge in [-0.1, -0.05) is 176 Å². The number of hydrogen-bond donors (Lipinski definition) is 0. The molecule has 0 aliphatic rings. The summed E-state index contributed by atoms with van der Waals surface area (Å²) in [7, 11) is 0. The summed E-state index contributed by atoms with van der Waals surface area (Å²) in [5.74, 6) is 0. The highest BCUT2D eigenvalue weighted by Crippen LogP contribution is 2.49. The van der Waals surface area contributed by atoms with Gasteiger partial charge in [-0.3, -0.25) is 0 Å². The number of rotatable bonds is 7. The van der Waals surface area contributed by atoms with E-state index in [0.717, 1.165) is 55.7 Å². The zero-order valence-electron chi connectivity index (χ0n) is 29.6. The molecule has 10 aromatic rings. The van der Waals surface area contributed by atoms with Crippen LogP contribution in [0.15, 0.2) is 217 Å². The maximum atomic E-state index is 6.78. The number of benzene rings is 9. The standard InChI is InChI=1S/C52H35NO/c1-3-16-36(17-4-1)43-23-9-10-24-45(43)46-25-11-13-28-48(46)53(40-32-30-39(31-33-40)42-27-15-21-37-20-7-8-22-41(37)42)49-35-34-44(38-18-5-2-6-19-38)52-51(49)47-26-12-14-29-50(47)54-52/h1-35H. The summed E-state index contributed by atoms with van der Waals surface area (Å²) in [5, 5.41) is 4.64. The van der Waals surface area contributed by atoms with Crippen molar-refractivity contribution >= 4 is 49.8 Å². The van der Waals surface area contributed by atoms with Crippen molar-refractivity contribution < 1.29 is 4.42 Å². The van der Waals surface area contributed by atoms with E-state index in [2.05, 4.69) is 211 Å². The smallest absolute Gasteiger partial charge is 0.145 e. The van der Waals surface area contributed by atoms with Gasteiger partial charge in [0.25, 0.3) is 0 Å². The van der Waals surface area contributed by atoms with Gasteiger partial charge in [0, 0.05) is 22.2 Å². The van der Waals surface area contributed by atoms with E-state index in [1.807, 2.05) is 6.07 Å². The van der Waals surface area contributed by atoms with E-state index < -0.39 is 0 Å². The molecule has 10 rings (SSSR count). The van der Waals surface area contributed by atoms with Crippen LogP contribution in [0.1, 0.15) is 0 Å². The summed E-state index contributed by atoms with van der Waals surface area (Å²) >= 11 is 0. The minimum Gasteiger partial charge on any atom is -0.455 e. The maximum Gasteiger partial charge on any atom is 0.145 e. The Labute approximate surface area is 314 Å². The van der Waals surface area contributed by atoms with Crippen LogP contribution >= 0.6 is 0 Å². The third-order valence-corrected chi connectivity index (χ3v) is 10.5. The molecule has 254 valence electrons. The van der Waals surface area contributed by atoms with Crippen molar-refractivity contribution in [3.8, 4) is 44.5 Å². The van der Waals surface area contributed by atoms with Crippen LogP contribution in [0, 0.1) is 0 Å². The monoisotopic (exact) mass is 689 g/mol. The Hall–Kier alpha value is -7.16. The topological polar surface area (TPSA) is 16.4 Å². The molecule has 0 fully saturated rings. The zero-order valence-corrected chi connectivity index (χ0v) is 29.6. The van der Waals surface area contributed by atoms with Crippen molar-refractivity contribution in [1.82, 2.24) is 0 Å². The van der Waals surface area contributed by atoms with Gasteiger partial charge >= 0.3 is 0 Å². The zero-order chi connectivity index (χ0) is 35.8. The summed E-state index contributed by atoms with van der Waals surface area (Å²) in [6.07, 6.45) is 0. The second-order valence-corrected chi connectivity index (χ2v) is 13.6. The number of furan rings is 1. The highest BCUT2D eigenvalue weighted by atomic mass is 16.3. The molecule has 0 aliphatic heterocycles. The van der Waals surface area contributed by atoms with Gasteiger partial charge < -0.3 is 9.32 Å². The van der Waals surface area contributed by atoms with Crippen molar-refractivity contribution in [2.75, 3.05) is 4.90 Å². The Morgan fingerprint density at radius 3 is 1.65 bits per heavy atom. The fourth-order valence-electron chi connectivity index (χ4n) is 8.00. The van der Waals surface area contributed by atoms with E-state index in [1.54, 1.807) is 0 Å². The van der Waals surface area contributed by atoms with E-state index in [4.69, 9.17) is 4.42 Å². The number of hydrogen-bond acceptors (Lipinski definition) is 2. The molecule has 0 N–H and O–H groups in total. The van der Waals surface area contributed by atoms with Crippen LogP contribution in [0.3, 0.4) is 0 Å². The Bertz CT molecular complexity index is 2920. The molecule has 0 atom stereocenters. The van der Waals surface area contributed by atoms with Gasteiger partial charge in [0.2, 0.25) is 0 Å². The first-order valence-electron chi connectivity index (χ1n) is 18.4. The fourth-order valence-corrected chi connectivity index (χ4v) is 8.00. The average molecular weight is 690 g/mol. The minimum atomic E-state index is 0.867. The van der Waals surface area contributed by atoms with Crippen molar-refractivity contribution in [2.45, 2.75) is 0 Å². The highest BCUT2D eigenvalue weighted by molar-refractivity contribution is 6.17. The Morgan fingerprint density at radius 1 is 0.315 bits per heavy atom. The second kappa shape index (κ2) is 13.4. The van der Waals surface area contributed by atoms with E-state index >= 15 is 0 Å². The van der Waals surface area contributed by atoms with Crippen molar-refractivity contribution in [2.24, 2.45) is 0 Å². The lowest BCUT2D eigenvalue weighted by Crippen LogP contribution is -2.12. The van der Waals surface area contributed by atoms with Gasteiger partial charge in [-0.05, 0) is 80.6 Å². The predicted molar refractivity (Wildman–Crippen MR) is 228 cm³/mol. The third kappa shape index (κ3) is 5.44. The minimum absolute atomic E-state index is 0.867. The van der Waals surface area contributed by atoms with Crippen LogP contribution in [0.2, 0.25) is 0 Å². The van der Waals surface area contributed by atoms with Crippen LogP contribution in [0.4, 0.5) is 17.1 Å². The molecular formula is C52H35NO. The molecule has 0 spiro atoms. The number of fused-ring (bicyclic) bond motifs is 4. The SMILES string of the molecule is c1ccc(-c2ccccc2-c2ccccc2N(c2ccc(-c3cccc4ccccc34)cc2)c2ccc(-c3ccccc3)c3oc4ccccc4c23)cc1. The molecule has 2 nitrogen and oxygen atoms in total. The molecule has 0 saturated heterocycles. The number of nitrogens with zero attached hydrogens (tertiary/aromatic N) is 1. The fraction of sp³-hybridized carbons (Fsp3) is 0. The molecule has 0 aliphatic carbocycles. The molecule has 1 aromatic heterocycles. The van der Waals surface area contributed by atoms with Gasteiger partial charge in [0.15, 0.2) is 0 Å². The summed E-state index contributed by atoms with van der Waals surface area (Å²) in [6.45, 7) is 0. The lowest BCUT2D eigenvalue weighted by atomic mass is 9.92. The van der Waals surface area contributed by atoms with Crippen molar-refractivity contribution in [3.05, 3.63) is 212 Å². The first-order valence-corrected chi connectivity index (χ1v) is 18.4. The second-order valence-electron chi connectivity index (χ2n) is 13.6. The molecule has 0 saturated carbocycles. The summed E-state index contributed by atoms with van der Waals surface area (Å²) in [4.78, 5) is 2.42. The van der Waals surface area contributed by atoms with E-state index in [0.29, 0.717) is 0 Å². The van der Waals surface area contributed by atoms with Gasteiger partial charge in [-0.25, -0.2) is 0 Å². The summed E-state index contributed by atoms with van der Waals surface area (Å²) in [5.41, 5.74) is 14.2. The highest BCUT2D eigenvalue weighted by Gasteiger charge is 2.24. The Kier molecular flexibility index (Phi) is 7.85. The van der Waals surface area contributed by atoms with Gasteiger partial charge in [0.1, 0.15) is 11.2 Å². The normalized spacial score (nSPS) is 11.3. The van der Waals surface area contributed by atoms with Crippen molar-refractivity contribution in [1.29, 1.82) is 0 Å². The maximum absolute atomic E-state index is 6.78. The third-order valence-electron chi connectivity index (χ3n) is 10.5. The predicted octanol–water partition coefficient (Wildman–Crippen LogP) is 14.9. The molecule has 0 radical (unpaired) electrons. The molecule has 1 heterocycles. The van der Waals surface area contributed by atoms with Gasteiger partial charge in [0.05, 0.1) is 16.8 Å². The van der Waals surface area contributed by atoms with Gasteiger partial charge in [-0.2, -0.15) is 0 Å². The molecule has 0 bridgehead atoms. The quantitative estimate of drug-likeness (QED) is 0.166. The largest absolute Gasteiger partial charge is 0.455 e. The van der Waals surface area contributed by atoms with Crippen LogP contribution in [-0.2, 0) is 0 Å². The first kappa shape index (κ1) is 31.6. The molecular weight excluding hydrogens is 655 g/mol. The van der Waals surface area contributed by atoms with Crippen LogP contribution in [0.25, 0.3) is 77.2 Å². The summed E-state index contributed by atoms with van der Waals surface area (Å²) < 4.78 is 6.78. The average Bonchev–Trinajstić information content (AvgIpc) is 3.65. The molecule has 54 heavy (non-hydrogen) atoms. The van der Waals surface area contributed by atoms with Crippen molar-refractivity contribution in [3.63, 3.8) is 0 Å². The summed E-state index contributed by atoms with van der Waals surface area (Å²) in [6, 6.07) is 75.8. The number of para-hydroxylation sites is 2. The molecule has 0 amide bonds. The lowest BCUT2D eigenvalue weighted by molar-refractivity contribution is 0.670. The number of anilines is 3. The Morgan fingerprint density at radius 2 is 0.870 bits per heavy atom. The van der Waals surface area contributed by atoms with E-state index in [-0.39, 0.29) is 0 Å². The Balaban J connectivity index is 1.24. The van der Waals surface area contributed by atoms with E-state index in [1.165, 1.54) is 38.6 Å². The van der Waals surface area contributed by atoms with Crippen LogP contribution in [0.5, 0.6) is 0 Å². The van der Waals surface area contributed by atoms with Crippen LogP contribution in [-0.4, -0.2) is 0 Å². The molecule has 9 aromatic carbocycles. The van der Waals surface area contributed by atoms with E-state index in [9.17, 15) is 0 Å². The molecule has 2 heteroatoms. The first-order chi connectivity index (χ1) is 26.8. The lowest BCUT2D eigenvalue weighted by Gasteiger charge is -2.29. The molecule has 0 unspecified atom stereocenters. The van der Waals surface area contributed by atoms with Gasteiger partial charge in [-0.15, -0.1) is 0 Å². The van der Waals surface area contributed by atoms with Crippen LogP contribution < -0.4 is 4.90 Å².